The summed E-state index contributed by atoms with van der Waals surface area (Å²) >= 11 is 24.0. The number of ether oxygens (including phenoxy) is 3. The molecule has 0 aliphatic carbocycles. The lowest BCUT2D eigenvalue weighted by atomic mass is 10.2. The third-order valence-electron chi connectivity index (χ3n) is 3.26. The van der Waals surface area contributed by atoms with E-state index in [1.54, 1.807) is 6.07 Å². The molecule has 1 heterocycles. The number of esters is 1. The van der Waals surface area contributed by atoms with Crippen LogP contribution in [0.3, 0.4) is 0 Å². The van der Waals surface area contributed by atoms with Crippen LogP contribution in [0.5, 0.6) is 5.75 Å². The summed E-state index contributed by atoms with van der Waals surface area (Å²) in [6.07, 6.45) is -0.696. The van der Waals surface area contributed by atoms with Crippen LogP contribution in [0.15, 0.2) is 30.3 Å². The molecule has 0 radical (unpaired) electrons. The van der Waals surface area contributed by atoms with Crippen molar-refractivity contribution in [3.05, 3.63) is 61.5 Å². The van der Waals surface area contributed by atoms with Gasteiger partial charge in [0.15, 0.2) is 12.0 Å². The van der Waals surface area contributed by atoms with Crippen molar-refractivity contribution in [2.24, 2.45) is 0 Å². The molecule has 1 aliphatic heterocycles. The summed E-state index contributed by atoms with van der Waals surface area (Å²) in [4.78, 5) is 12.4. The van der Waals surface area contributed by atoms with E-state index >= 15 is 0 Å². The first kappa shape index (κ1) is 17.8. The van der Waals surface area contributed by atoms with Crippen LogP contribution in [0.25, 0.3) is 0 Å². The fraction of sp³-hybridized carbons (Fsp3) is 0.188. The molecule has 1 aliphatic rings. The van der Waals surface area contributed by atoms with Crippen molar-refractivity contribution in [2.75, 3.05) is 13.2 Å². The minimum Gasteiger partial charge on any atom is -0.421 e. The first-order chi connectivity index (χ1) is 11.5. The third kappa shape index (κ3) is 3.80. The molecule has 0 atom stereocenters. The van der Waals surface area contributed by atoms with E-state index in [9.17, 15) is 4.79 Å². The summed E-state index contributed by atoms with van der Waals surface area (Å²) in [7, 11) is 0. The summed E-state index contributed by atoms with van der Waals surface area (Å²) in [5.41, 5.74) is 0.674. The van der Waals surface area contributed by atoms with E-state index in [-0.39, 0.29) is 21.4 Å². The highest BCUT2D eigenvalue weighted by atomic mass is 35.5. The van der Waals surface area contributed by atoms with E-state index in [0.717, 1.165) is 0 Å². The van der Waals surface area contributed by atoms with Crippen molar-refractivity contribution in [2.45, 2.75) is 6.29 Å². The molecule has 0 amide bonds. The number of halogens is 4. The average molecular weight is 408 g/mol. The predicted octanol–water partition coefficient (Wildman–Crippen LogP) is 5.56. The number of hydrogen-bond donors (Lipinski definition) is 0. The number of rotatable bonds is 3. The lowest BCUT2D eigenvalue weighted by molar-refractivity contribution is -0.0453. The van der Waals surface area contributed by atoms with Crippen molar-refractivity contribution in [1.29, 1.82) is 0 Å². The molecule has 4 nitrogen and oxygen atoms in total. The second-order valence-corrected chi connectivity index (χ2v) is 6.56. The van der Waals surface area contributed by atoms with E-state index in [4.69, 9.17) is 60.6 Å². The molecule has 2 aromatic rings. The SMILES string of the molecule is O=C(Oc1c(Cl)cc(Cl)cc1C1OCCO1)c1ccc(Cl)c(Cl)c1. The van der Waals surface area contributed by atoms with Crippen LogP contribution >= 0.6 is 46.4 Å². The largest absolute Gasteiger partial charge is 0.421 e. The van der Waals surface area contributed by atoms with Gasteiger partial charge in [0.25, 0.3) is 0 Å². The van der Waals surface area contributed by atoms with Gasteiger partial charge in [-0.3, -0.25) is 0 Å². The molecule has 0 unspecified atom stereocenters. The zero-order valence-corrected chi connectivity index (χ0v) is 15.0. The summed E-state index contributed by atoms with van der Waals surface area (Å²) < 4.78 is 16.3. The van der Waals surface area contributed by atoms with Crippen molar-refractivity contribution in [3.63, 3.8) is 0 Å². The smallest absolute Gasteiger partial charge is 0.343 e. The fourth-order valence-corrected chi connectivity index (χ4v) is 3.02. The second-order valence-electron chi connectivity index (χ2n) is 4.90. The molecule has 1 saturated heterocycles. The Balaban J connectivity index is 1.93. The van der Waals surface area contributed by atoms with Gasteiger partial charge < -0.3 is 14.2 Å². The Hall–Kier alpha value is -1.01. The van der Waals surface area contributed by atoms with E-state index in [2.05, 4.69) is 0 Å². The highest BCUT2D eigenvalue weighted by molar-refractivity contribution is 6.42. The molecule has 1 fully saturated rings. The number of carbonyl (C=O) groups excluding carboxylic acids is 1. The molecule has 8 heteroatoms. The van der Waals surface area contributed by atoms with E-state index < -0.39 is 12.3 Å². The Kier molecular flexibility index (Phi) is 5.55. The molecule has 0 bridgehead atoms. The quantitative estimate of drug-likeness (QED) is 0.493. The molecule has 2 aromatic carbocycles. The van der Waals surface area contributed by atoms with Gasteiger partial charge in [-0.2, -0.15) is 0 Å². The van der Waals surface area contributed by atoms with Crippen LogP contribution in [-0.2, 0) is 9.47 Å². The number of hydrogen-bond acceptors (Lipinski definition) is 4. The Morgan fingerprint density at radius 2 is 1.67 bits per heavy atom. The van der Waals surface area contributed by atoms with E-state index in [0.29, 0.717) is 28.8 Å². The molecule has 3 rings (SSSR count). The summed E-state index contributed by atoms with van der Waals surface area (Å²) in [6, 6.07) is 7.48. The van der Waals surface area contributed by atoms with E-state index in [1.165, 1.54) is 24.3 Å². The molecular weight excluding hydrogens is 398 g/mol. The lowest BCUT2D eigenvalue weighted by Crippen LogP contribution is -2.12. The van der Waals surface area contributed by atoms with Crippen molar-refractivity contribution in [3.8, 4) is 5.75 Å². The normalized spacial score (nSPS) is 14.8. The average Bonchev–Trinajstić information content (AvgIpc) is 3.06. The molecule has 126 valence electrons. The van der Waals surface area contributed by atoms with Crippen molar-refractivity contribution < 1.29 is 19.0 Å². The molecule has 0 N–H and O–H groups in total. The number of benzene rings is 2. The van der Waals surface area contributed by atoms with Gasteiger partial charge in [0.1, 0.15) is 0 Å². The van der Waals surface area contributed by atoms with Gasteiger partial charge in [0.2, 0.25) is 0 Å². The van der Waals surface area contributed by atoms with Crippen LogP contribution in [0.4, 0.5) is 0 Å². The first-order valence-corrected chi connectivity index (χ1v) is 8.36. The highest BCUT2D eigenvalue weighted by Crippen LogP contribution is 2.39. The van der Waals surface area contributed by atoms with Crippen molar-refractivity contribution in [1.82, 2.24) is 0 Å². The molecule has 0 spiro atoms. The topological polar surface area (TPSA) is 44.8 Å². The van der Waals surface area contributed by atoms with Gasteiger partial charge in [0, 0.05) is 5.02 Å². The van der Waals surface area contributed by atoms with Crippen molar-refractivity contribution >= 4 is 52.4 Å². The molecule has 0 aromatic heterocycles. The Morgan fingerprint density at radius 3 is 2.33 bits per heavy atom. The minimum atomic E-state index is -0.696. The third-order valence-corrected chi connectivity index (χ3v) is 4.50. The van der Waals surface area contributed by atoms with Gasteiger partial charge in [0.05, 0.1) is 39.4 Å². The molecule has 0 saturated carbocycles. The van der Waals surface area contributed by atoms with Gasteiger partial charge in [-0.25, -0.2) is 4.79 Å². The lowest BCUT2D eigenvalue weighted by Gasteiger charge is -2.16. The zero-order chi connectivity index (χ0) is 17.3. The van der Waals surface area contributed by atoms with Crippen LogP contribution < -0.4 is 4.74 Å². The monoisotopic (exact) mass is 406 g/mol. The predicted molar refractivity (Wildman–Crippen MR) is 92.5 cm³/mol. The first-order valence-electron chi connectivity index (χ1n) is 6.85. The summed E-state index contributed by atoms with van der Waals surface area (Å²) in [6.45, 7) is 0.851. The van der Waals surface area contributed by atoms with Gasteiger partial charge >= 0.3 is 5.97 Å². The van der Waals surface area contributed by atoms with Gasteiger partial charge in [-0.1, -0.05) is 46.4 Å². The standard InChI is InChI=1S/C16H10Cl4O4/c17-9-6-10(16-22-3-4-23-16)14(13(20)7-9)24-15(21)8-1-2-11(18)12(19)5-8/h1-2,5-7,16H,3-4H2. The second kappa shape index (κ2) is 7.48. The summed E-state index contributed by atoms with van der Waals surface area (Å²) in [5.74, 6) is -0.513. The number of carbonyl (C=O) groups is 1. The summed E-state index contributed by atoms with van der Waals surface area (Å²) in [5, 5.41) is 1.13. The van der Waals surface area contributed by atoms with Crippen LogP contribution in [0.2, 0.25) is 20.1 Å². The fourth-order valence-electron chi connectivity index (χ4n) is 2.18. The highest BCUT2D eigenvalue weighted by Gasteiger charge is 2.26. The Labute approximate surface area is 158 Å². The molecule has 24 heavy (non-hydrogen) atoms. The maximum Gasteiger partial charge on any atom is 0.343 e. The molecular formula is C16H10Cl4O4. The van der Waals surface area contributed by atoms with Crippen LogP contribution in [0.1, 0.15) is 22.2 Å². The van der Waals surface area contributed by atoms with Gasteiger partial charge in [-0.05, 0) is 30.3 Å². The van der Waals surface area contributed by atoms with Crippen LogP contribution in [0, 0.1) is 0 Å². The minimum absolute atomic E-state index is 0.129. The Bertz CT molecular complexity index is 788. The van der Waals surface area contributed by atoms with Crippen LogP contribution in [-0.4, -0.2) is 19.2 Å². The maximum atomic E-state index is 12.4. The van der Waals surface area contributed by atoms with Gasteiger partial charge in [-0.15, -0.1) is 0 Å². The zero-order valence-electron chi connectivity index (χ0n) is 12.0. The Morgan fingerprint density at radius 1 is 0.958 bits per heavy atom. The maximum absolute atomic E-state index is 12.4. The van der Waals surface area contributed by atoms with E-state index in [1.807, 2.05) is 0 Å².